The third-order valence-electron chi connectivity index (χ3n) is 3.89. The zero-order valence-electron chi connectivity index (χ0n) is 14.8. The van der Waals surface area contributed by atoms with Gasteiger partial charge in [-0.1, -0.05) is 37.6 Å². The monoisotopic (exact) mass is 347 g/mol. The first-order valence-electron chi connectivity index (χ1n) is 8.05. The maximum Gasteiger partial charge on any atom is 0.191 e. The van der Waals surface area contributed by atoms with Crippen LogP contribution in [0.4, 0.5) is 0 Å². The van der Waals surface area contributed by atoms with Crippen molar-refractivity contribution in [3.8, 4) is 0 Å². The summed E-state index contributed by atoms with van der Waals surface area (Å²) in [6.07, 6.45) is 2.74. The number of aliphatic imine (C=N–C) groups is 1. The summed E-state index contributed by atoms with van der Waals surface area (Å²) in [5, 5.41) is 11.7. The van der Waals surface area contributed by atoms with Crippen LogP contribution in [-0.4, -0.2) is 29.3 Å². The fourth-order valence-corrected chi connectivity index (χ4v) is 2.77. The molecule has 0 aliphatic carbocycles. The molecule has 2 rings (SSSR count). The second kappa shape index (κ2) is 8.20. The van der Waals surface area contributed by atoms with Gasteiger partial charge in [0.1, 0.15) is 0 Å². The lowest BCUT2D eigenvalue weighted by Crippen LogP contribution is -2.42. The highest BCUT2D eigenvalue weighted by Crippen LogP contribution is 2.22. The zero-order valence-corrected chi connectivity index (χ0v) is 15.6. The maximum atomic E-state index is 6.07. The number of benzene rings is 1. The van der Waals surface area contributed by atoms with Crippen LogP contribution < -0.4 is 10.6 Å². The molecule has 0 amide bonds. The molecule has 2 N–H and O–H groups in total. The van der Waals surface area contributed by atoms with Crippen LogP contribution in [0.15, 0.2) is 41.5 Å². The van der Waals surface area contributed by atoms with Gasteiger partial charge in [0.15, 0.2) is 5.96 Å². The van der Waals surface area contributed by atoms with Gasteiger partial charge in [-0.25, -0.2) is 0 Å². The number of hydrogen-bond acceptors (Lipinski definition) is 2. The van der Waals surface area contributed by atoms with Crippen LogP contribution in [0, 0.1) is 5.41 Å². The molecule has 24 heavy (non-hydrogen) atoms. The standard InChI is InChI=1S/C18H26ClN5/c1-18(2,11-14-6-5-7-15(19)10-14)13-22-17(20-3)21-12-16-8-9-23-24(16)4/h5-10H,11-13H2,1-4H3,(H2,20,21,22). The van der Waals surface area contributed by atoms with Crippen molar-refractivity contribution in [2.24, 2.45) is 17.5 Å². The van der Waals surface area contributed by atoms with Gasteiger partial charge in [0.05, 0.1) is 12.2 Å². The number of hydrogen-bond donors (Lipinski definition) is 2. The third-order valence-corrected chi connectivity index (χ3v) is 4.12. The Bertz CT molecular complexity index is 690. The second-order valence-electron chi connectivity index (χ2n) is 6.70. The molecule has 130 valence electrons. The molecule has 0 aliphatic rings. The first-order valence-corrected chi connectivity index (χ1v) is 8.43. The Morgan fingerprint density at radius 1 is 1.29 bits per heavy atom. The Morgan fingerprint density at radius 3 is 2.71 bits per heavy atom. The van der Waals surface area contributed by atoms with E-state index in [1.807, 2.05) is 36.0 Å². The Morgan fingerprint density at radius 2 is 2.08 bits per heavy atom. The van der Waals surface area contributed by atoms with Crippen LogP contribution in [0.5, 0.6) is 0 Å². The van der Waals surface area contributed by atoms with Crippen molar-refractivity contribution in [1.82, 2.24) is 20.4 Å². The van der Waals surface area contributed by atoms with Crippen molar-refractivity contribution in [2.75, 3.05) is 13.6 Å². The van der Waals surface area contributed by atoms with E-state index >= 15 is 0 Å². The first kappa shape index (κ1) is 18.3. The van der Waals surface area contributed by atoms with E-state index in [9.17, 15) is 0 Å². The molecule has 1 aromatic carbocycles. The van der Waals surface area contributed by atoms with Crippen LogP contribution in [0.2, 0.25) is 5.02 Å². The molecule has 0 spiro atoms. The van der Waals surface area contributed by atoms with Gasteiger partial charge in [0, 0.05) is 31.9 Å². The number of guanidine groups is 1. The largest absolute Gasteiger partial charge is 0.356 e. The Kier molecular flexibility index (Phi) is 6.26. The minimum absolute atomic E-state index is 0.0782. The smallest absolute Gasteiger partial charge is 0.191 e. The number of aromatic nitrogens is 2. The summed E-state index contributed by atoms with van der Waals surface area (Å²) in [5.74, 6) is 0.787. The van der Waals surface area contributed by atoms with E-state index in [0.29, 0.717) is 6.54 Å². The number of nitrogens with zero attached hydrogens (tertiary/aromatic N) is 3. The van der Waals surface area contributed by atoms with Crippen molar-refractivity contribution in [2.45, 2.75) is 26.8 Å². The van der Waals surface area contributed by atoms with Crippen molar-refractivity contribution < 1.29 is 0 Å². The Hall–Kier alpha value is -2.01. The minimum atomic E-state index is 0.0782. The van der Waals surface area contributed by atoms with Gasteiger partial charge in [-0.3, -0.25) is 9.67 Å². The van der Waals surface area contributed by atoms with Gasteiger partial charge < -0.3 is 10.6 Å². The highest BCUT2D eigenvalue weighted by atomic mass is 35.5. The number of aryl methyl sites for hydroxylation is 1. The van der Waals surface area contributed by atoms with Crippen LogP contribution in [0.1, 0.15) is 25.1 Å². The van der Waals surface area contributed by atoms with E-state index < -0.39 is 0 Å². The fraction of sp³-hybridized carbons (Fsp3) is 0.444. The lowest BCUT2D eigenvalue weighted by Gasteiger charge is -2.26. The molecule has 0 aliphatic heterocycles. The van der Waals surface area contributed by atoms with Crippen LogP contribution in [0.3, 0.4) is 0 Å². The molecule has 0 saturated carbocycles. The van der Waals surface area contributed by atoms with Gasteiger partial charge in [0.2, 0.25) is 0 Å². The SMILES string of the molecule is CN=C(NCc1ccnn1C)NCC(C)(C)Cc1cccc(Cl)c1. The maximum absolute atomic E-state index is 6.07. The van der Waals surface area contributed by atoms with Crippen molar-refractivity contribution in [1.29, 1.82) is 0 Å². The number of nitrogens with one attached hydrogen (secondary N) is 2. The van der Waals surface area contributed by atoms with Crippen molar-refractivity contribution in [3.05, 3.63) is 52.8 Å². The molecule has 0 fully saturated rings. The van der Waals surface area contributed by atoms with Crippen LogP contribution in [-0.2, 0) is 20.0 Å². The second-order valence-corrected chi connectivity index (χ2v) is 7.13. The summed E-state index contributed by atoms with van der Waals surface area (Å²) >= 11 is 6.07. The lowest BCUT2D eigenvalue weighted by atomic mass is 9.86. The molecule has 0 bridgehead atoms. The molecule has 0 atom stereocenters. The Balaban J connectivity index is 1.86. The average Bonchev–Trinajstić information content (AvgIpc) is 2.92. The summed E-state index contributed by atoms with van der Waals surface area (Å²) in [7, 11) is 3.71. The van der Waals surface area contributed by atoms with Gasteiger partial charge in [-0.05, 0) is 35.6 Å². The van der Waals surface area contributed by atoms with Crippen molar-refractivity contribution in [3.63, 3.8) is 0 Å². The van der Waals surface area contributed by atoms with E-state index in [0.717, 1.165) is 29.6 Å². The molecular formula is C18H26ClN5. The molecule has 5 nitrogen and oxygen atoms in total. The topological polar surface area (TPSA) is 54.2 Å². The summed E-state index contributed by atoms with van der Waals surface area (Å²) < 4.78 is 1.85. The third kappa shape index (κ3) is 5.57. The van der Waals surface area contributed by atoms with Crippen LogP contribution in [0.25, 0.3) is 0 Å². The van der Waals surface area contributed by atoms with Gasteiger partial charge in [0.25, 0.3) is 0 Å². The van der Waals surface area contributed by atoms with E-state index in [2.05, 4.69) is 40.6 Å². The molecule has 1 aromatic heterocycles. The average molecular weight is 348 g/mol. The summed E-state index contributed by atoms with van der Waals surface area (Å²) in [6.45, 7) is 5.96. The minimum Gasteiger partial charge on any atom is -0.356 e. The number of halogens is 1. The predicted molar refractivity (Wildman–Crippen MR) is 100 cm³/mol. The predicted octanol–water partition coefficient (Wildman–Crippen LogP) is 3.01. The molecule has 6 heteroatoms. The van der Waals surface area contributed by atoms with E-state index in [1.165, 1.54) is 5.56 Å². The van der Waals surface area contributed by atoms with Crippen molar-refractivity contribution >= 4 is 17.6 Å². The van der Waals surface area contributed by atoms with E-state index in [1.54, 1.807) is 13.2 Å². The normalized spacial score (nSPS) is 12.3. The summed E-state index contributed by atoms with van der Waals surface area (Å²) in [6, 6.07) is 10.0. The summed E-state index contributed by atoms with van der Waals surface area (Å²) in [5.41, 5.74) is 2.43. The number of rotatable bonds is 6. The zero-order chi connectivity index (χ0) is 17.6. The van der Waals surface area contributed by atoms with Gasteiger partial charge in [-0.2, -0.15) is 5.10 Å². The highest BCUT2D eigenvalue weighted by Gasteiger charge is 2.19. The molecular weight excluding hydrogens is 322 g/mol. The fourth-order valence-electron chi connectivity index (χ4n) is 2.55. The molecule has 0 saturated heterocycles. The lowest BCUT2D eigenvalue weighted by molar-refractivity contribution is 0.359. The summed E-state index contributed by atoms with van der Waals surface area (Å²) in [4.78, 5) is 4.29. The Labute approximate surface area is 149 Å². The van der Waals surface area contributed by atoms with Crippen LogP contribution >= 0.6 is 11.6 Å². The van der Waals surface area contributed by atoms with E-state index in [4.69, 9.17) is 11.6 Å². The quantitative estimate of drug-likeness (QED) is 0.624. The van der Waals surface area contributed by atoms with E-state index in [-0.39, 0.29) is 5.41 Å². The van der Waals surface area contributed by atoms with Gasteiger partial charge in [-0.15, -0.1) is 0 Å². The molecule has 0 unspecified atom stereocenters. The molecule has 2 aromatic rings. The molecule has 1 heterocycles. The highest BCUT2D eigenvalue weighted by molar-refractivity contribution is 6.30. The first-order chi connectivity index (χ1) is 11.4. The van der Waals surface area contributed by atoms with Gasteiger partial charge >= 0.3 is 0 Å². The molecule has 0 radical (unpaired) electrons.